The lowest BCUT2D eigenvalue weighted by molar-refractivity contribution is -0.384. The van der Waals surface area contributed by atoms with Gasteiger partial charge >= 0.3 is 0 Å². The molecule has 23 heavy (non-hydrogen) atoms. The van der Waals surface area contributed by atoms with Gasteiger partial charge in [-0.1, -0.05) is 11.3 Å². The van der Waals surface area contributed by atoms with E-state index in [1.165, 1.54) is 17.0 Å². The molecule has 0 N–H and O–H groups in total. The zero-order valence-electron chi connectivity index (χ0n) is 12.5. The molecule has 1 heterocycles. The number of carbonyl (C=O) groups is 1. The second-order valence-electron chi connectivity index (χ2n) is 5.06. The molecule has 0 spiro atoms. The van der Waals surface area contributed by atoms with E-state index in [-0.39, 0.29) is 11.6 Å². The normalized spacial score (nSPS) is 10.7. The van der Waals surface area contributed by atoms with Crippen molar-refractivity contribution in [3.8, 4) is 0 Å². The molecule has 0 saturated heterocycles. The third-order valence-electron chi connectivity index (χ3n) is 3.59. The highest BCUT2D eigenvalue weighted by molar-refractivity contribution is 6.07. The van der Waals surface area contributed by atoms with Crippen molar-refractivity contribution in [1.29, 1.82) is 0 Å². The first kappa shape index (κ1) is 14.6. The summed E-state index contributed by atoms with van der Waals surface area (Å²) in [5.41, 5.74) is 2.26. The van der Waals surface area contributed by atoms with Crippen LogP contribution in [-0.4, -0.2) is 32.9 Å². The van der Waals surface area contributed by atoms with Crippen LogP contribution in [0.2, 0.25) is 0 Å². The highest BCUT2D eigenvalue weighted by Gasteiger charge is 2.17. The molecule has 0 unspecified atom stereocenters. The predicted octanol–water partition coefficient (Wildman–Crippen LogP) is 2.15. The summed E-state index contributed by atoms with van der Waals surface area (Å²) < 4.78 is 1.62. The summed E-state index contributed by atoms with van der Waals surface area (Å²) in [6, 6.07) is 11.0. The van der Waals surface area contributed by atoms with Gasteiger partial charge < -0.3 is 4.90 Å². The Bertz CT molecular complexity index is 918. The van der Waals surface area contributed by atoms with E-state index in [4.69, 9.17) is 0 Å². The van der Waals surface area contributed by atoms with Gasteiger partial charge in [-0.3, -0.25) is 14.9 Å². The molecule has 0 aliphatic rings. The molecule has 2 aromatic carbocycles. The van der Waals surface area contributed by atoms with Crippen molar-refractivity contribution in [3.63, 3.8) is 0 Å². The van der Waals surface area contributed by atoms with Gasteiger partial charge in [-0.25, -0.2) is 4.68 Å². The molecule has 1 aromatic heterocycles. The lowest BCUT2D eigenvalue weighted by Gasteiger charge is -2.17. The predicted molar refractivity (Wildman–Crippen MR) is 84.3 cm³/mol. The Hall–Kier alpha value is -3.29. The van der Waals surface area contributed by atoms with Crippen molar-refractivity contribution >= 4 is 28.3 Å². The molecule has 0 saturated carbocycles. The number of aromatic nitrogens is 3. The first-order valence-electron chi connectivity index (χ1n) is 6.79. The number of fused-ring (bicyclic) bond motifs is 1. The minimum absolute atomic E-state index is 0.0634. The molecule has 0 radical (unpaired) electrons. The van der Waals surface area contributed by atoms with Crippen LogP contribution in [0.3, 0.4) is 0 Å². The fourth-order valence-corrected chi connectivity index (χ4v) is 2.30. The minimum atomic E-state index is -0.493. The molecule has 8 nitrogen and oxygen atoms in total. The first-order valence-corrected chi connectivity index (χ1v) is 6.79. The molecule has 116 valence electrons. The van der Waals surface area contributed by atoms with Crippen LogP contribution in [0.5, 0.6) is 0 Å². The fraction of sp³-hybridized carbons (Fsp3) is 0.133. The number of rotatable bonds is 3. The van der Waals surface area contributed by atoms with Gasteiger partial charge in [0.1, 0.15) is 5.52 Å². The molecular weight excluding hydrogens is 298 g/mol. The number of nitro benzene ring substituents is 1. The van der Waals surface area contributed by atoms with Crippen molar-refractivity contribution in [2.75, 3.05) is 11.9 Å². The number of hydrogen-bond donors (Lipinski definition) is 0. The van der Waals surface area contributed by atoms with E-state index in [0.29, 0.717) is 16.8 Å². The van der Waals surface area contributed by atoms with Crippen LogP contribution in [0.25, 0.3) is 11.0 Å². The number of nitro groups is 1. The molecule has 0 fully saturated rings. The summed E-state index contributed by atoms with van der Waals surface area (Å²) >= 11 is 0. The maximum Gasteiger partial charge on any atom is 0.271 e. The van der Waals surface area contributed by atoms with E-state index in [1.807, 2.05) is 0 Å². The summed E-state index contributed by atoms with van der Waals surface area (Å²) in [6.45, 7) is 0. The minimum Gasteiger partial charge on any atom is -0.311 e. The van der Waals surface area contributed by atoms with E-state index in [9.17, 15) is 14.9 Å². The van der Waals surface area contributed by atoms with Crippen molar-refractivity contribution in [2.24, 2.45) is 7.05 Å². The molecule has 0 aliphatic carbocycles. The molecule has 3 rings (SSSR count). The lowest BCUT2D eigenvalue weighted by atomic mass is 10.1. The largest absolute Gasteiger partial charge is 0.311 e. The number of hydrogen-bond acceptors (Lipinski definition) is 5. The molecule has 3 aromatic rings. The third kappa shape index (κ3) is 2.61. The van der Waals surface area contributed by atoms with Crippen LogP contribution in [0.4, 0.5) is 11.4 Å². The highest BCUT2D eigenvalue weighted by Crippen LogP contribution is 2.22. The first-order chi connectivity index (χ1) is 11.0. The van der Waals surface area contributed by atoms with Gasteiger partial charge in [0.2, 0.25) is 0 Å². The SMILES string of the molecule is CN(C(=O)c1ccc2c(c1)nnn2C)c1cccc([N+](=O)[O-])c1. The van der Waals surface area contributed by atoms with Gasteiger partial charge in [0.05, 0.1) is 16.1 Å². The lowest BCUT2D eigenvalue weighted by Crippen LogP contribution is -2.26. The highest BCUT2D eigenvalue weighted by atomic mass is 16.6. The fourth-order valence-electron chi connectivity index (χ4n) is 2.30. The number of aryl methyl sites for hydroxylation is 1. The number of non-ortho nitro benzene ring substituents is 1. The maximum atomic E-state index is 12.6. The number of benzene rings is 2. The molecule has 0 aliphatic heterocycles. The number of amides is 1. The zero-order valence-corrected chi connectivity index (χ0v) is 12.5. The average molecular weight is 311 g/mol. The van der Waals surface area contributed by atoms with Crippen LogP contribution < -0.4 is 4.90 Å². The standard InChI is InChI=1S/C15H13N5O3/c1-18(11-4-3-5-12(9-11)20(22)23)15(21)10-6-7-14-13(8-10)16-17-19(14)2/h3-9H,1-2H3. The zero-order chi connectivity index (χ0) is 16.6. The molecule has 0 atom stereocenters. The Morgan fingerprint density at radius 1 is 1.26 bits per heavy atom. The van der Waals surface area contributed by atoms with E-state index in [1.54, 1.807) is 49.1 Å². The van der Waals surface area contributed by atoms with Crippen molar-refractivity contribution in [1.82, 2.24) is 15.0 Å². The molecule has 1 amide bonds. The van der Waals surface area contributed by atoms with Crippen molar-refractivity contribution < 1.29 is 9.72 Å². The van der Waals surface area contributed by atoms with Crippen LogP contribution in [0.1, 0.15) is 10.4 Å². The van der Waals surface area contributed by atoms with E-state index < -0.39 is 4.92 Å². The van der Waals surface area contributed by atoms with Gasteiger partial charge in [0.25, 0.3) is 11.6 Å². The van der Waals surface area contributed by atoms with Gasteiger partial charge in [0.15, 0.2) is 0 Å². The molecule has 8 heteroatoms. The smallest absolute Gasteiger partial charge is 0.271 e. The topological polar surface area (TPSA) is 94.2 Å². The van der Waals surface area contributed by atoms with Crippen LogP contribution in [0, 0.1) is 10.1 Å². The Balaban J connectivity index is 1.94. The average Bonchev–Trinajstić information content (AvgIpc) is 2.94. The summed E-state index contributed by atoms with van der Waals surface area (Å²) in [5, 5.41) is 18.7. The third-order valence-corrected chi connectivity index (χ3v) is 3.59. The van der Waals surface area contributed by atoms with Crippen molar-refractivity contribution in [2.45, 2.75) is 0 Å². The number of carbonyl (C=O) groups excluding carboxylic acids is 1. The van der Waals surface area contributed by atoms with Crippen molar-refractivity contribution in [3.05, 3.63) is 58.1 Å². The van der Waals surface area contributed by atoms with Gasteiger partial charge in [-0.15, -0.1) is 5.10 Å². The number of anilines is 1. The van der Waals surface area contributed by atoms with Gasteiger partial charge in [0, 0.05) is 31.8 Å². The Morgan fingerprint density at radius 3 is 2.78 bits per heavy atom. The summed E-state index contributed by atoms with van der Waals surface area (Å²) in [5.74, 6) is -0.280. The van der Waals surface area contributed by atoms with Crippen LogP contribution in [0.15, 0.2) is 42.5 Å². The maximum absolute atomic E-state index is 12.6. The Labute approximate surface area is 131 Å². The van der Waals surface area contributed by atoms with E-state index >= 15 is 0 Å². The van der Waals surface area contributed by atoms with Crippen LogP contribution in [-0.2, 0) is 7.05 Å². The van der Waals surface area contributed by atoms with E-state index in [2.05, 4.69) is 10.3 Å². The summed E-state index contributed by atoms with van der Waals surface area (Å²) in [4.78, 5) is 24.3. The Kier molecular flexibility index (Phi) is 3.49. The summed E-state index contributed by atoms with van der Waals surface area (Å²) in [7, 11) is 3.34. The second-order valence-corrected chi connectivity index (χ2v) is 5.06. The van der Waals surface area contributed by atoms with Gasteiger partial charge in [-0.2, -0.15) is 0 Å². The number of nitrogens with zero attached hydrogens (tertiary/aromatic N) is 5. The Morgan fingerprint density at radius 2 is 2.04 bits per heavy atom. The molecular formula is C15H13N5O3. The molecule has 0 bridgehead atoms. The van der Waals surface area contributed by atoms with E-state index in [0.717, 1.165) is 5.52 Å². The summed E-state index contributed by atoms with van der Waals surface area (Å²) in [6.07, 6.45) is 0. The monoisotopic (exact) mass is 311 g/mol. The quantitative estimate of drug-likeness (QED) is 0.545. The second kappa shape index (κ2) is 5.48. The van der Waals surface area contributed by atoms with Gasteiger partial charge in [-0.05, 0) is 24.3 Å². The van der Waals surface area contributed by atoms with Crippen LogP contribution >= 0.6 is 0 Å².